The predicted octanol–water partition coefficient (Wildman–Crippen LogP) is 0.751. The Hall–Kier alpha value is -0.420. The largest absolute Gasteiger partial charge is 0.355 e. The van der Waals surface area contributed by atoms with E-state index in [9.17, 15) is 0 Å². The molecule has 0 bridgehead atoms. The van der Waals surface area contributed by atoms with Gasteiger partial charge >= 0.3 is 0 Å². The highest BCUT2D eigenvalue weighted by atomic mass is 32.2. The number of aliphatic imine (C=N–C) groups is 1. The lowest BCUT2D eigenvalue weighted by Crippen LogP contribution is -2.50. The summed E-state index contributed by atoms with van der Waals surface area (Å²) >= 11 is 2.01. The van der Waals surface area contributed by atoms with Crippen molar-refractivity contribution in [2.24, 2.45) is 4.99 Å². The SMILES string of the molecule is CSC1(CNC2=NCC(C)N2)CCN(C)CC1. The molecule has 1 fully saturated rings. The highest BCUT2D eigenvalue weighted by Crippen LogP contribution is 2.33. The Bertz CT molecular complexity index is 284. The summed E-state index contributed by atoms with van der Waals surface area (Å²) in [6.07, 6.45) is 4.76. The summed E-state index contributed by atoms with van der Waals surface area (Å²) in [5.74, 6) is 0.991. The second kappa shape index (κ2) is 5.48. The van der Waals surface area contributed by atoms with Gasteiger partial charge in [-0.25, -0.2) is 0 Å². The molecule has 1 saturated heterocycles. The molecule has 2 heterocycles. The van der Waals surface area contributed by atoms with Crippen LogP contribution in [0.2, 0.25) is 0 Å². The number of rotatable bonds is 3. The fourth-order valence-corrected chi connectivity index (χ4v) is 3.19. The maximum absolute atomic E-state index is 4.46. The van der Waals surface area contributed by atoms with E-state index < -0.39 is 0 Å². The van der Waals surface area contributed by atoms with Crippen LogP contribution in [0.25, 0.3) is 0 Å². The molecule has 2 aliphatic rings. The molecule has 0 aromatic carbocycles. The average Bonchev–Trinajstić information content (AvgIpc) is 2.75. The Labute approximate surface area is 109 Å². The molecule has 5 heteroatoms. The molecule has 17 heavy (non-hydrogen) atoms. The molecule has 0 aliphatic carbocycles. The molecule has 0 spiro atoms. The van der Waals surface area contributed by atoms with Gasteiger partial charge in [-0.15, -0.1) is 0 Å². The van der Waals surface area contributed by atoms with Crippen LogP contribution < -0.4 is 10.6 Å². The van der Waals surface area contributed by atoms with Crippen LogP contribution in [0.15, 0.2) is 4.99 Å². The van der Waals surface area contributed by atoms with E-state index in [4.69, 9.17) is 0 Å². The van der Waals surface area contributed by atoms with Crippen molar-refractivity contribution >= 4 is 17.7 Å². The smallest absolute Gasteiger partial charge is 0.191 e. The maximum atomic E-state index is 4.46. The van der Waals surface area contributed by atoms with Gasteiger partial charge in [-0.05, 0) is 46.2 Å². The number of likely N-dealkylation sites (tertiary alicyclic amines) is 1. The normalized spacial score (nSPS) is 28.6. The zero-order valence-corrected chi connectivity index (χ0v) is 11.9. The summed E-state index contributed by atoms with van der Waals surface area (Å²) in [6.45, 7) is 6.51. The van der Waals surface area contributed by atoms with E-state index in [1.807, 2.05) is 11.8 Å². The van der Waals surface area contributed by atoms with Crippen molar-refractivity contribution < 1.29 is 0 Å². The van der Waals surface area contributed by atoms with Gasteiger partial charge in [-0.1, -0.05) is 0 Å². The first-order valence-electron chi connectivity index (χ1n) is 6.42. The van der Waals surface area contributed by atoms with E-state index in [0.29, 0.717) is 10.8 Å². The lowest BCUT2D eigenvalue weighted by atomic mass is 9.96. The lowest BCUT2D eigenvalue weighted by Gasteiger charge is -2.39. The maximum Gasteiger partial charge on any atom is 0.191 e. The topological polar surface area (TPSA) is 39.7 Å². The molecule has 0 aromatic heterocycles. The minimum absolute atomic E-state index is 0.391. The van der Waals surface area contributed by atoms with Gasteiger partial charge in [-0.3, -0.25) is 4.99 Å². The van der Waals surface area contributed by atoms with Gasteiger partial charge in [-0.2, -0.15) is 11.8 Å². The first kappa shape index (κ1) is 13.0. The third kappa shape index (κ3) is 3.28. The first-order chi connectivity index (χ1) is 8.13. The Morgan fingerprint density at radius 2 is 2.24 bits per heavy atom. The zero-order valence-electron chi connectivity index (χ0n) is 11.1. The van der Waals surface area contributed by atoms with Crippen molar-refractivity contribution in [3.63, 3.8) is 0 Å². The van der Waals surface area contributed by atoms with Crippen LogP contribution in [0.4, 0.5) is 0 Å². The van der Waals surface area contributed by atoms with Crippen molar-refractivity contribution in [2.75, 3.05) is 39.5 Å². The van der Waals surface area contributed by atoms with Crippen molar-refractivity contribution in [3.8, 4) is 0 Å². The van der Waals surface area contributed by atoms with Crippen molar-refractivity contribution in [1.29, 1.82) is 0 Å². The third-order valence-electron chi connectivity index (χ3n) is 3.82. The summed E-state index contributed by atoms with van der Waals surface area (Å²) in [5.41, 5.74) is 0. The van der Waals surface area contributed by atoms with Gasteiger partial charge in [0, 0.05) is 17.3 Å². The summed E-state index contributed by atoms with van der Waals surface area (Å²) in [5, 5.41) is 6.85. The minimum atomic E-state index is 0.391. The molecule has 1 atom stereocenters. The standard InChI is InChI=1S/C12H24N4S/c1-10-8-13-11(15-10)14-9-12(17-3)4-6-16(2)7-5-12/h10H,4-9H2,1-3H3,(H2,13,14,15). The van der Waals surface area contributed by atoms with Crippen LogP contribution in [0.3, 0.4) is 0 Å². The Kier molecular flexibility index (Phi) is 4.20. The van der Waals surface area contributed by atoms with E-state index in [-0.39, 0.29) is 0 Å². The molecule has 2 rings (SSSR count). The van der Waals surface area contributed by atoms with Crippen molar-refractivity contribution in [2.45, 2.75) is 30.6 Å². The predicted molar refractivity (Wildman–Crippen MR) is 75.9 cm³/mol. The van der Waals surface area contributed by atoms with Crippen molar-refractivity contribution in [3.05, 3.63) is 0 Å². The molecule has 2 N–H and O–H groups in total. The molecule has 0 saturated carbocycles. The second-order valence-electron chi connectivity index (χ2n) is 5.28. The second-order valence-corrected chi connectivity index (χ2v) is 6.55. The quantitative estimate of drug-likeness (QED) is 0.782. The van der Waals surface area contributed by atoms with Crippen LogP contribution in [0, 0.1) is 0 Å². The van der Waals surface area contributed by atoms with Crippen LogP contribution in [0.5, 0.6) is 0 Å². The fourth-order valence-electron chi connectivity index (χ4n) is 2.38. The monoisotopic (exact) mass is 256 g/mol. The summed E-state index contributed by atoms with van der Waals surface area (Å²) in [6, 6.07) is 0.486. The van der Waals surface area contributed by atoms with E-state index >= 15 is 0 Å². The Morgan fingerprint density at radius 1 is 1.53 bits per heavy atom. The van der Waals surface area contributed by atoms with E-state index in [1.165, 1.54) is 25.9 Å². The van der Waals surface area contributed by atoms with Gasteiger partial charge < -0.3 is 15.5 Å². The van der Waals surface area contributed by atoms with Gasteiger partial charge in [0.2, 0.25) is 0 Å². The Morgan fingerprint density at radius 3 is 2.76 bits per heavy atom. The zero-order chi connectivity index (χ0) is 12.3. The molecule has 0 amide bonds. The Balaban J connectivity index is 1.83. The lowest BCUT2D eigenvalue weighted by molar-refractivity contribution is 0.239. The molecular formula is C12H24N4S. The van der Waals surface area contributed by atoms with E-state index in [0.717, 1.165) is 19.0 Å². The number of hydrogen-bond acceptors (Lipinski definition) is 5. The number of thioether (sulfide) groups is 1. The highest BCUT2D eigenvalue weighted by molar-refractivity contribution is 8.00. The molecule has 1 unspecified atom stereocenters. The molecule has 98 valence electrons. The summed E-state index contributed by atoms with van der Waals surface area (Å²) in [7, 11) is 2.21. The number of nitrogens with zero attached hydrogens (tertiary/aromatic N) is 2. The van der Waals surface area contributed by atoms with Crippen LogP contribution in [-0.4, -0.2) is 61.1 Å². The van der Waals surface area contributed by atoms with Gasteiger partial charge in [0.15, 0.2) is 5.96 Å². The minimum Gasteiger partial charge on any atom is -0.355 e. The van der Waals surface area contributed by atoms with Gasteiger partial charge in [0.25, 0.3) is 0 Å². The van der Waals surface area contributed by atoms with Gasteiger partial charge in [0.05, 0.1) is 6.54 Å². The van der Waals surface area contributed by atoms with Crippen LogP contribution >= 0.6 is 11.8 Å². The molecule has 0 radical (unpaired) electrons. The number of piperidine rings is 1. The van der Waals surface area contributed by atoms with Crippen LogP contribution in [-0.2, 0) is 0 Å². The van der Waals surface area contributed by atoms with Gasteiger partial charge in [0.1, 0.15) is 0 Å². The molecular weight excluding hydrogens is 232 g/mol. The number of nitrogens with one attached hydrogen (secondary N) is 2. The van der Waals surface area contributed by atoms with Crippen LogP contribution in [0.1, 0.15) is 19.8 Å². The average molecular weight is 256 g/mol. The summed E-state index contributed by atoms with van der Waals surface area (Å²) < 4.78 is 0.391. The van der Waals surface area contributed by atoms with E-state index in [1.54, 1.807) is 0 Å². The first-order valence-corrected chi connectivity index (χ1v) is 7.65. The number of guanidine groups is 1. The van der Waals surface area contributed by atoms with Crippen molar-refractivity contribution in [1.82, 2.24) is 15.5 Å². The number of hydrogen-bond donors (Lipinski definition) is 2. The highest BCUT2D eigenvalue weighted by Gasteiger charge is 2.33. The fraction of sp³-hybridized carbons (Fsp3) is 0.917. The molecule has 2 aliphatic heterocycles. The third-order valence-corrected chi connectivity index (χ3v) is 5.23. The molecule has 0 aromatic rings. The molecule has 4 nitrogen and oxygen atoms in total. The van der Waals surface area contributed by atoms with E-state index in [2.05, 4.69) is 40.8 Å². The summed E-state index contributed by atoms with van der Waals surface area (Å²) in [4.78, 5) is 6.87.